The average molecular weight is 362 g/mol. The van der Waals surface area contributed by atoms with Gasteiger partial charge in [0.15, 0.2) is 0 Å². The van der Waals surface area contributed by atoms with E-state index in [4.69, 9.17) is 0 Å². The lowest BCUT2D eigenvalue weighted by Crippen LogP contribution is -2.60. The first kappa shape index (κ1) is 17.2. The molecule has 5 nitrogen and oxygen atoms in total. The van der Waals surface area contributed by atoms with Gasteiger partial charge in [0, 0.05) is 5.71 Å². The highest BCUT2D eigenvalue weighted by atomic mass is 32.2. The van der Waals surface area contributed by atoms with Crippen molar-refractivity contribution in [2.45, 2.75) is 48.9 Å². The maximum absolute atomic E-state index is 13.7. The SMILES string of the molecule is O=S(=O)(c1ccccc1)N1N=C2CCCCC[C@@H]2[C@@]1(O)C(F)(F)F. The second kappa shape index (κ2) is 5.73. The van der Waals surface area contributed by atoms with Gasteiger partial charge >= 0.3 is 6.18 Å². The van der Waals surface area contributed by atoms with Gasteiger partial charge in [-0.15, -0.1) is 4.41 Å². The van der Waals surface area contributed by atoms with E-state index in [2.05, 4.69) is 5.10 Å². The quantitative estimate of drug-likeness (QED) is 0.879. The summed E-state index contributed by atoms with van der Waals surface area (Å²) in [6, 6.07) is 6.72. The number of hydrazone groups is 1. The fourth-order valence-electron chi connectivity index (χ4n) is 3.29. The summed E-state index contributed by atoms with van der Waals surface area (Å²) in [5.41, 5.74) is -3.44. The molecule has 1 aliphatic heterocycles. The zero-order chi connectivity index (χ0) is 17.6. The fraction of sp³-hybridized carbons (Fsp3) is 0.533. The number of sulfonamides is 1. The van der Waals surface area contributed by atoms with Crippen LogP contribution in [-0.2, 0) is 10.0 Å². The van der Waals surface area contributed by atoms with Crippen LogP contribution in [0.4, 0.5) is 13.2 Å². The third-order valence-electron chi connectivity index (χ3n) is 4.51. The molecule has 0 aromatic heterocycles. The van der Waals surface area contributed by atoms with E-state index in [0.29, 0.717) is 12.8 Å². The average Bonchev–Trinajstić information content (AvgIpc) is 2.69. The summed E-state index contributed by atoms with van der Waals surface area (Å²) in [7, 11) is -4.62. The van der Waals surface area contributed by atoms with Crippen molar-refractivity contribution in [3.8, 4) is 0 Å². The molecular weight excluding hydrogens is 345 g/mol. The Balaban J connectivity index is 2.14. The molecule has 0 spiro atoms. The number of rotatable bonds is 2. The molecule has 1 aliphatic carbocycles. The van der Waals surface area contributed by atoms with Crippen LogP contribution in [0.2, 0.25) is 0 Å². The Labute approximate surface area is 137 Å². The molecule has 1 N–H and O–H groups in total. The molecule has 9 heteroatoms. The van der Waals surface area contributed by atoms with Crippen LogP contribution in [0.5, 0.6) is 0 Å². The molecule has 0 bridgehead atoms. The van der Waals surface area contributed by atoms with Gasteiger partial charge in [0.25, 0.3) is 15.7 Å². The van der Waals surface area contributed by atoms with Crippen molar-refractivity contribution in [2.75, 3.05) is 0 Å². The molecular formula is C15H17F3N2O3S. The predicted octanol–water partition coefficient (Wildman–Crippen LogP) is 2.88. The maximum Gasteiger partial charge on any atom is 0.439 e. The summed E-state index contributed by atoms with van der Waals surface area (Å²) in [4.78, 5) is -0.339. The number of aliphatic hydroxyl groups is 1. The number of hydrogen-bond acceptors (Lipinski definition) is 4. The number of fused-ring (bicyclic) bond motifs is 1. The van der Waals surface area contributed by atoms with E-state index in [1.54, 1.807) is 6.07 Å². The van der Waals surface area contributed by atoms with Crippen LogP contribution in [-0.4, -0.2) is 35.6 Å². The van der Waals surface area contributed by atoms with Gasteiger partial charge in [0.05, 0.1) is 10.8 Å². The summed E-state index contributed by atoms with van der Waals surface area (Å²) >= 11 is 0. The van der Waals surface area contributed by atoms with Crippen LogP contribution in [0.25, 0.3) is 0 Å². The van der Waals surface area contributed by atoms with E-state index in [1.807, 2.05) is 0 Å². The Bertz CT molecular complexity index is 749. The molecule has 132 valence electrons. The topological polar surface area (TPSA) is 70.0 Å². The van der Waals surface area contributed by atoms with E-state index in [9.17, 15) is 26.7 Å². The van der Waals surface area contributed by atoms with E-state index in [0.717, 1.165) is 6.42 Å². The molecule has 0 amide bonds. The molecule has 1 fully saturated rings. The minimum atomic E-state index is -5.16. The first-order chi connectivity index (χ1) is 11.2. The summed E-state index contributed by atoms with van der Waals surface area (Å²) < 4.78 is 66.4. The third-order valence-corrected chi connectivity index (χ3v) is 6.19. The highest BCUT2D eigenvalue weighted by Gasteiger charge is 2.69. The number of nitrogens with zero attached hydrogens (tertiary/aromatic N) is 2. The Morgan fingerprint density at radius 2 is 1.83 bits per heavy atom. The van der Waals surface area contributed by atoms with E-state index < -0.39 is 27.8 Å². The molecule has 1 aromatic rings. The van der Waals surface area contributed by atoms with Gasteiger partial charge in [-0.05, 0) is 31.4 Å². The fourth-order valence-corrected chi connectivity index (χ4v) is 4.80. The molecule has 24 heavy (non-hydrogen) atoms. The van der Waals surface area contributed by atoms with E-state index in [-0.39, 0.29) is 27.9 Å². The standard InChI is InChI=1S/C15H17F3N2O3S/c16-15(17,18)14(21)12-9-5-2-6-10-13(12)19-20(14)24(22,23)11-7-3-1-4-8-11/h1,3-4,7-8,12,21H,2,5-6,9-10H2/t12-,14+/m0/s1. The van der Waals surface area contributed by atoms with Crippen molar-refractivity contribution >= 4 is 15.7 Å². The van der Waals surface area contributed by atoms with Crippen molar-refractivity contribution in [3.05, 3.63) is 30.3 Å². The monoisotopic (exact) mass is 362 g/mol. The molecule has 1 aromatic carbocycles. The number of halogens is 3. The Morgan fingerprint density at radius 3 is 2.46 bits per heavy atom. The first-order valence-corrected chi connectivity index (χ1v) is 9.10. The second-order valence-electron chi connectivity index (χ2n) is 6.03. The van der Waals surface area contributed by atoms with Crippen molar-refractivity contribution in [2.24, 2.45) is 11.0 Å². The Morgan fingerprint density at radius 1 is 1.17 bits per heavy atom. The van der Waals surface area contributed by atoms with Crippen molar-refractivity contribution in [3.63, 3.8) is 0 Å². The minimum absolute atomic E-state index is 0.0512. The molecule has 2 atom stereocenters. The zero-order valence-electron chi connectivity index (χ0n) is 12.7. The number of hydrogen-bond donors (Lipinski definition) is 1. The smallest absolute Gasteiger partial charge is 0.361 e. The van der Waals surface area contributed by atoms with Gasteiger partial charge in [0.2, 0.25) is 0 Å². The lowest BCUT2D eigenvalue weighted by atomic mass is 9.88. The molecule has 0 unspecified atom stereocenters. The first-order valence-electron chi connectivity index (χ1n) is 7.66. The van der Waals surface area contributed by atoms with E-state index >= 15 is 0 Å². The zero-order valence-corrected chi connectivity index (χ0v) is 13.5. The lowest BCUT2D eigenvalue weighted by Gasteiger charge is -2.37. The number of alkyl halides is 3. The molecule has 2 aliphatic rings. The van der Waals surface area contributed by atoms with Crippen LogP contribution in [0.3, 0.4) is 0 Å². The molecule has 0 radical (unpaired) electrons. The van der Waals surface area contributed by atoms with Gasteiger partial charge in [-0.25, -0.2) is 0 Å². The Hall–Kier alpha value is -1.61. The highest BCUT2D eigenvalue weighted by Crippen LogP contribution is 2.49. The normalized spacial score (nSPS) is 28.2. The van der Waals surface area contributed by atoms with Crippen LogP contribution in [0, 0.1) is 5.92 Å². The van der Waals surface area contributed by atoms with Gasteiger partial charge in [-0.3, -0.25) is 0 Å². The third kappa shape index (κ3) is 2.50. The van der Waals surface area contributed by atoms with Crippen molar-refractivity contribution in [1.82, 2.24) is 4.41 Å². The summed E-state index contributed by atoms with van der Waals surface area (Å²) in [6.45, 7) is 0. The lowest BCUT2D eigenvalue weighted by molar-refractivity contribution is -0.306. The van der Waals surface area contributed by atoms with Crippen molar-refractivity contribution in [1.29, 1.82) is 0 Å². The van der Waals surface area contributed by atoms with Crippen LogP contribution < -0.4 is 0 Å². The van der Waals surface area contributed by atoms with Crippen LogP contribution >= 0.6 is 0 Å². The summed E-state index contributed by atoms with van der Waals surface area (Å²) in [5, 5.41) is 14.2. The summed E-state index contributed by atoms with van der Waals surface area (Å²) in [5.74, 6) is -1.36. The summed E-state index contributed by atoms with van der Waals surface area (Å²) in [6.07, 6.45) is -3.01. The van der Waals surface area contributed by atoms with Crippen LogP contribution in [0.15, 0.2) is 40.3 Å². The highest BCUT2D eigenvalue weighted by molar-refractivity contribution is 7.89. The van der Waals surface area contributed by atoms with Crippen LogP contribution in [0.1, 0.15) is 32.1 Å². The number of benzene rings is 1. The Kier molecular flexibility index (Phi) is 4.11. The van der Waals surface area contributed by atoms with Gasteiger partial charge in [-0.2, -0.15) is 26.7 Å². The van der Waals surface area contributed by atoms with E-state index in [1.165, 1.54) is 24.3 Å². The largest absolute Gasteiger partial charge is 0.439 e. The van der Waals surface area contributed by atoms with Gasteiger partial charge in [-0.1, -0.05) is 31.0 Å². The molecule has 1 heterocycles. The molecule has 0 saturated heterocycles. The molecule has 1 saturated carbocycles. The maximum atomic E-state index is 13.7. The van der Waals surface area contributed by atoms with Gasteiger partial charge in [0.1, 0.15) is 0 Å². The second-order valence-corrected chi connectivity index (χ2v) is 7.80. The van der Waals surface area contributed by atoms with Gasteiger partial charge < -0.3 is 5.11 Å². The van der Waals surface area contributed by atoms with Crippen molar-refractivity contribution < 1.29 is 26.7 Å². The predicted molar refractivity (Wildman–Crippen MR) is 80.5 cm³/mol. The molecule has 3 rings (SSSR count). The minimum Gasteiger partial charge on any atom is -0.361 e.